The maximum atomic E-state index is 11.4. The van der Waals surface area contributed by atoms with Crippen LogP contribution in [0.25, 0.3) is 22.2 Å². The van der Waals surface area contributed by atoms with Gasteiger partial charge in [0.05, 0.1) is 0 Å². The van der Waals surface area contributed by atoms with Gasteiger partial charge in [-0.25, -0.2) is 4.98 Å². The van der Waals surface area contributed by atoms with Crippen molar-refractivity contribution in [3.8, 4) is 11.1 Å². The van der Waals surface area contributed by atoms with Gasteiger partial charge in [0.25, 0.3) is 0 Å². The molecule has 0 aliphatic carbocycles. The number of hydrogen-bond donors (Lipinski definition) is 2. The van der Waals surface area contributed by atoms with Crippen LogP contribution in [-0.2, 0) is 0 Å². The van der Waals surface area contributed by atoms with Crippen LogP contribution in [0.15, 0.2) is 53.5 Å². The highest BCUT2D eigenvalue weighted by Crippen LogP contribution is 2.27. The fraction of sp³-hybridized carbons (Fsp3) is 0.176. The highest BCUT2D eigenvalue weighted by molar-refractivity contribution is 5.92. The van der Waals surface area contributed by atoms with Crippen molar-refractivity contribution in [1.82, 2.24) is 15.3 Å². The van der Waals surface area contributed by atoms with Gasteiger partial charge in [0.2, 0.25) is 5.56 Å². The Morgan fingerprint density at radius 2 is 1.86 bits per heavy atom. The molecule has 0 bridgehead atoms. The lowest BCUT2D eigenvalue weighted by atomic mass is 10.00. The van der Waals surface area contributed by atoms with Gasteiger partial charge in [-0.1, -0.05) is 24.3 Å². The van der Waals surface area contributed by atoms with Crippen molar-refractivity contribution in [2.24, 2.45) is 0 Å². The van der Waals surface area contributed by atoms with Crippen LogP contribution in [0.3, 0.4) is 0 Å². The second-order valence-electron chi connectivity index (χ2n) is 5.08. The Morgan fingerprint density at radius 3 is 2.57 bits per heavy atom. The molecule has 2 aromatic heterocycles. The Bertz CT molecular complexity index is 821. The lowest BCUT2D eigenvalue weighted by molar-refractivity contribution is 0.652. The molecule has 0 aliphatic rings. The van der Waals surface area contributed by atoms with Crippen molar-refractivity contribution in [3.63, 3.8) is 0 Å². The molecule has 0 aliphatic heterocycles. The molecule has 2 N–H and O–H groups in total. The summed E-state index contributed by atoms with van der Waals surface area (Å²) in [5, 5.41) is 4.18. The van der Waals surface area contributed by atoms with Gasteiger partial charge in [-0.15, -0.1) is 0 Å². The number of aromatic amines is 1. The average molecular weight is 279 g/mol. The van der Waals surface area contributed by atoms with Gasteiger partial charge in [-0.3, -0.25) is 4.79 Å². The van der Waals surface area contributed by atoms with Crippen LogP contribution in [-0.4, -0.2) is 17.0 Å². The third kappa shape index (κ3) is 2.58. The van der Waals surface area contributed by atoms with Crippen LogP contribution in [0.4, 0.5) is 0 Å². The summed E-state index contributed by atoms with van der Waals surface area (Å²) in [6, 6.07) is 14.1. The zero-order valence-electron chi connectivity index (χ0n) is 12.1. The van der Waals surface area contributed by atoms with Crippen LogP contribution in [0.2, 0.25) is 0 Å². The number of rotatable bonds is 3. The van der Waals surface area contributed by atoms with Gasteiger partial charge in [0, 0.05) is 23.7 Å². The zero-order valence-corrected chi connectivity index (χ0v) is 12.1. The van der Waals surface area contributed by atoms with Crippen LogP contribution >= 0.6 is 0 Å². The summed E-state index contributed by atoms with van der Waals surface area (Å²) in [4.78, 5) is 18.4. The van der Waals surface area contributed by atoms with E-state index in [2.05, 4.69) is 46.5 Å². The first kappa shape index (κ1) is 13.5. The summed E-state index contributed by atoms with van der Waals surface area (Å²) in [5.74, 6) is 0. The molecule has 3 rings (SSSR count). The van der Waals surface area contributed by atoms with Crippen molar-refractivity contribution in [1.29, 1.82) is 0 Å². The van der Waals surface area contributed by atoms with Gasteiger partial charge in [0.15, 0.2) is 0 Å². The van der Waals surface area contributed by atoms with Gasteiger partial charge >= 0.3 is 0 Å². The minimum atomic E-state index is -0.134. The molecule has 2 heterocycles. The molecule has 0 fully saturated rings. The maximum Gasteiger partial charge on any atom is 0.249 e. The zero-order chi connectivity index (χ0) is 14.8. The van der Waals surface area contributed by atoms with Gasteiger partial charge in [-0.05, 0) is 42.8 Å². The van der Waals surface area contributed by atoms with Crippen molar-refractivity contribution in [2.75, 3.05) is 7.05 Å². The quantitative estimate of drug-likeness (QED) is 0.775. The molecule has 106 valence electrons. The molecule has 0 saturated heterocycles. The van der Waals surface area contributed by atoms with E-state index >= 15 is 0 Å². The fourth-order valence-corrected chi connectivity index (χ4v) is 2.43. The first-order valence-corrected chi connectivity index (χ1v) is 6.94. The van der Waals surface area contributed by atoms with Crippen LogP contribution in [0.1, 0.15) is 18.5 Å². The molecular formula is C17H17N3O. The summed E-state index contributed by atoms with van der Waals surface area (Å²) in [7, 11) is 1.95. The molecule has 0 amide bonds. The molecule has 0 saturated carbocycles. The number of H-pyrrole nitrogens is 1. The molecule has 0 unspecified atom stereocenters. The molecule has 4 nitrogen and oxygen atoms in total. The fourth-order valence-electron chi connectivity index (χ4n) is 2.43. The van der Waals surface area contributed by atoms with E-state index in [9.17, 15) is 4.79 Å². The molecule has 4 heteroatoms. The van der Waals surface area contributed by atoms with Crippen molar-refractivity contribution in [3.05, 3.63) is 64.6 Å². The van der Waals surface area contributed by atoms with E-state index in [-0.39, 0.29) is 5.56 Å². The smallest absolute Gasteiger partial charge is 0.249 e. The van der Waals surface area contributed by atoms with Crippen molar-refractivity contribution >= 4 is 11.0 Å². The molecule has 0 radical (unpaired) electrons. The van der Waals surface area contributed by atoms with Crippen molar-refractivity contribution < 1.29 is 0 Å². The van der Waals surface area contributed by atoms with E-state index in [0.29, 0.717) is 11.7 Å². The second-order valence-corrected chi connectivity index (χ2v) is 5.08. The Labute approximate surface area is 122 Å². The van der Waals surface area contributed by atoms with Gasteiger partial charge < -0.3 is 10.3 Å². The van der Waals surface area contributed by atoms with E-state index in [1.807, 2.05) is 19.2 Å². The molecule has 1 aromatic carbocycles. The van der Waals surface area contributed by atoms with Crippen LogP contribution < -0.4 is 10.9 Å². The predicted molar refractivity (Wildman–Crippen MR) is 85.3 cm³/mol. The minimum Gasteiger partial charge on any atom is -0.313 e. The largest absolute Gasteiger partial charge is 0.313 e. The van der Waals surface area contributed by atoms with Gasteiger partial charge in [0.1, 0.15) is 5.65 Å². The number of nitrogens with zero attached hydrogens (tertiary/aromatic N) is 1. The number of aromatic nitrogens is 2. The standard InChI is InChI=1S/C17H17N3O/c1-11(18-2)12-3-5-13(6-4-12)14-9-10-19-17-15(14)7-8-16(21)20-17/h3-11,18H,1-2H3,(H,19,20,21)/t11-/m0/s1. The van der Waals surface area contributed by atoms with E-state index in [1.54, 1.807) is 6.20 Å². The monoisotopic (exact) mass is 279 g/mol. The van der Waals surface area contributed by atoms with Crippen LogP contribution in [0.5, 0.6) is 0 Å². The number of nitrogens with one attached hydrogen (secondary N) is 2. The first-order valence-electron chi connectivity index (χ1n) is 6.94. The number of benzene rings is 1. The highest BCUT2D eigenvalue weighted by atomic mass is 16.1. The summed E-state index contributed by atoms with van der Waals surface area (Å²) in [6.45, 7) is 2.13. The molecule has 0 spiro atoms. The normalized spacial score (nSPS) is 12.5. The molecule has 1 atom stereocenters. The third-order valence-electron chi connectivity index (χ3n) is 3.79. The molecule has 3 aromatic rings. The minimum absolute atomic E-state index is 0.134. The molecule has 21 heavy (non-hydrogen) atoms. The topological polar surface area (TPSA) is 57.8 Å². The maximum absolute atomic E-state index is 11.4. The SMILES string of the molecule is CN[C@@H](C)c1ccc(-c2ccnc3[nH]c(=O)ccc23)cc1. The van der Waals surface area contributed by atoms with E-state index in [0.717, 1.165) is 16.5 Å². The first-order chi connectivity index (χ1) is 10.2. The third-order valence-corrected chi connectivity index (χ3v) is 3.79. The Morgan fingerprint density at radius 1 is 1.10 bits per heavy atom. The van der Waals surface area contributed by atoms with E-state index < -0.39 is 0 Å². The average Bonchev–Trinajstić information content (AvgIpc) is 2.53. The Kier molecular flexibility index (Phi) is 3.54. The Balaban J connectivity index is 2.10. The summed E-state index contributed by atoms with van der Waals surface area (Å²) in [6.07, 6.45) is 1.72. The second kappa shape index (κ2) is 5.50. The molecular weight excluding hydrogens is 262 g/mol. The van der Waals surface area contributed by atoms with Crippen LogP contribution in [0, 0.1) is 0 Å². The highest BCUT2D eigenvalue weighted by Gasteiger charge is 2.07. The van der Waals surface area contributed by atoms with Gasteiger partial charge in [-0.2, -0.15) is 0 Å². The van der Waals surface area contributed by atoms with E-state index in [1.165, 1.54) is 11.6 Å². The summed E-state index contributed by atoms with van der Waals surface area (Å²) in [5.41, 5.74) is 3.91. The van der Waals surface area contributed by atoms with E-state index in [4.69, 9.17) is 0 Å². The summed E-state index contributed by atoms with van der Waals surface area (Å²) >= 11 is 0. The number of hydrogen-bond acceptors (Lipinski definition) is 3. The lowest BCUT2D eigenvalue weighted by Gasteiger charge is -2.12. The predicted octanol–water partition coefficient (Wildman–Crippen LogP) is 2.87. The Hall–Kier alpha value is -2.46. The lowest BCUT2D eigenvalue weighted by Crippen LogP contribution is -2.11. The summed E-state index contributed by atoms with van der Waals surface area (Å²) < 4.78 is 0. The number of fused-ring (bicyclic) bond motifs is 1. The number of pyridine rings is 2. The van der Waals surface area contributed by atoms with Crippen molar-refractivity contribution in [2.45, 2.75) is 13.0 Å².